The average molecular weight is 393 g/mol. The zero-order valence-electron chi connectivity index (χ0n) is 16.9. The molecule has 2 aromatic rings. The quantitative estimate of drug-likeness (QED) is 0.741. The fraction of sp³-hybridized carbons (Fsp3) is 0.375. The highest BCUT2D eigenvalue weighted by Gasteiger charge is 2.39. The predicted molar refractivity (Wildman–Crippen MR) is 112 cm³/mol. The van der Waals surface area contributed by atoms with Crippen molar-refractivity contribution in [3.05, 3.63) is 71.8 Å². The molecule has 2 heterocycles. The van der Waals surface area contributed by atoms with Crippen LogP contribution in [0.5, 0.6) is 5.75 Å². The number of fused-ring (bicyclic) bond motifs is 2. The van der Waals surface area contributed by atoms with E-state index in [9.17, 15) is 4.79 Å². The van der Waals surface area contributed by atoms with Gasteiger partial charge in [0.2, 0.25) is 0 Å². The molecule has 0 saturated carbocycles. The molecular weight excluding hydrogens is 366 g/mol. The van der Waals surface area contributed by atoms with Gasteiger partial charge in [0.1, 0.15) is 12.4 Å². The molecule has 0 N–H and O–H groups in total. The summed E-state index contributed by atoms with van der Waals surface area (Å²) in [7, 11) is 0. The van der Waals surface area contributed by atoms with Gasteiger partial charge in [0.25, 0.3) is 0 Å². The van der Waals surface area contributed by atoms with Gasteiger partial charge < -0.3 is 14.2 Å². The summed E-state index contributed by atoms with van der Waals surface area (Å²) in [6.07, 6.45) is 2.77. The van der Waals surface area contributed by atoms with E-state index in [4.69, 9.17) is 14.2 Å². The molecule has 2 aromatic carbocycles. The highest BCUT2D eigenvalue weighted by molar-refractivity contribution is 5.74. The first kappa shape index (κ1) is 19.5. The zero-order chi connectivity index (χ0) is 20.2. The van der Waals surface area contributed by atoms with Gasteiger partial charge >= 0.3 is 6.09 Å². The largest absolute Gasteiger partial charge is 0.491 e. The minimum absolute atomic E-state index is 0.0105. The van der Waals surface area contributed by atoms with E-state index in [1.165, 1.54) is 5.57 Å². The number of nitrogens with zero attached hydrogens (tertiary/aromatic N) is 1. The first-order valence-electron chi connectivity index (χ1n) is 10.1. The SMILES string of the molecule is CC(C)Oc1ccc(C2=CC3COCC(C2)N3C(=O)OCc2ccccc2)cc1. The third kappa shape index (κ3) is 4.62. The van der Waals surface area contributed by atoms with Crippen LogP contribution < -0.4 is 4.74 Å². The third-order valence-electron chi connectivity index (χ3n) is 5.21. The number of hydrogen-bond donors (Lipinski definition) is 0. The summed E-state index contributed by atoms with van der Waals surface area (Å²) in [4.78, 5) is 14.6. The Morgan fingerprint density at radius 1 is 1.10 bits per heavy atom. The Morgan fingerprint density at radius 2 is 1.86 bits per heavy atom. The number of carbonyl (C=O) groups is 1. The number of rotatable bonds is 5. The third-order valence-corrected chi connectivity index (χ3v) is 5.21. The number of amides is 1. The summed E-state index contributed by atoms with van der Waals surface area (Å²) in [5, 5.41) is 0. The molecule has 2 aliphatic heterocycles. The van der Waals surface area contributed by atoms with E-state index in [1.807, 2.05) is 61.2 Å². The maximum Gasteiger partial charge on any atom is 0.411 e. The van der Waals surface area contributed by atoms with Crippen LogP contribution in [0, 0.1) is 0 Å². The van der Waals surface area contributed by atoms with Crippen LogP contribution in [0.4, 0.5) is 4.79 Å². The number of morpholine rings is 1. The van der Waals surface area contributed by atoms with Gasteiger partial charge in [-0.25, -0.2) is 4.79 Å². The molecule has 2 atom stereocenters. The summed E-state index contributed by atoms with van der Waals surface area (Å²) >= 11 is 0. The lowest BCUT2D eigenvalue weighted by Crippen LogP contribution is -2.56. The van der Waals surface area contributed by atoms with Gasteiger partial charge in [-0.2, -0.15) is 0 Å². The molecule has 0 radical (unpaired) electrons. The van der Waals surface area contributed by atoms with Crippen molar-refractivity contribution in [2.24, 2.45) is 0 Å². The van der Waals surface area contributed by atoms with E-state index in [0.29, 0.717) is 13.2 Å². The van der Waals surface area contributed by atoms with Crippen LogP contribution >= 0.6 is 0 Å². The average Bonchev–Trinajstić information content (AvgIpc) is 2.72. The minimum Gasteiger partial charge on any atom is -0.491 e. The number of carbonyl (C=O) groups excluding carboxylic acids is 1. The summed E-state index contributed by atoms with van der Waals surface area (Å²) in [6, 6.07) is 17.8. The van der Waals surface area contributed by atoms with Crippen LogP contribution in [0.1, 0.15) is 31.4 Å². The van der Waals surface area contributed by atoms with Crippen LogP contribution in [0.15, 0.2) is 60.7 Å². The minimum atomic E-state index is -0.275. The smallest absolute Gasteiger partial charge is 0.411 e. The van der Waals surface area contributed by atoms with Crippen LogP contribution in [-0.4, -0.2) is 42.4 Å². The molecule has 1 fully saturated rings. The van der Waals surface area contributed by atoms with Crippen LogP contribution in [0.2, 0.25) is 0 Å². The van der Waals surface area contributed by atoms with Gasteiger partial charge in [0.05, 0.1) is 31.4 Å². The van der Waals surface area contributed by atoms with Crippen LogP contribution in [0.25, 0.3) is 5.57 Å². The first-order valence-corrected chi connectivity index (χ1v) is 10.1. The molecular formula is C24H27NO4. The summed E-state index contributed by atoms with van der Waals surface area (Å²) in [6.45, 7) is 5.34. The molecule has 4 rings (SSSR count). The van der Waals surface area contributed by atoms with E-state index in [1.54, 1.807) is 0 Å². The highest BCUT2D eigenvalue weighted by atomic mass is 16.6. The second-order valence-corrected chi connectivity index (χ2v) is 7.79. The molecule has 5 heteroatoms. The molecule has 2 bridgehead atoms. The van der Waals surface area contributed by atoms with Gasteiger partial charge in [-0.1, -0.05) is 48.5 Å². The fourth-order valence-corrected chi connectivity index (χ4v) is 3.91. The van der Waals surface area contributed by atoms with Crippen molar-refractivity contribution < 1.29 is 19.0 Å². The Bertz CT molecular complexity index is 860. The second kappa shape index (κ2) is 8.70. The van der Waals surface area contributed by atoms with Crippen molar-refractivity contribution in [1.82, 2.24) is 4.90 Å². The molecule has 152 valence electrons. The molecule has 2 aliphatic rings. The lowest BCUT2D eigenvalue weighted by Gasteiger charge is -2.43. The van der Waals surface area contributed by atoms with Gasteiger partial charge in [-0.3, -0.25) is 4.90 Å². The van der Waals surface area contributed by atoms with Crippen molar-refractivity contribution in [3.63, 3.8) is 0 Å². The molecule has 29 heavy (non-hydrogen) atoms. The van der Waals surface area contributed by atoms with E-state index >= 15 is 0 Å². The topological polar surface area (TPSA) is 48.0 Å². The van der Waals surface area contributed by atoms with Crippen molar-refractivity contribution in [2.75, 3.05) is 13.2 Å². The number of hydrogen-bond acceptors (Lipinski definition) is 4. The Balaban J connectivity index is 1.46. The molecule has 1 amide bonds. The molecule has 1 saturated heterocycles. The Morgan fingerprint density at radius 3 is 2.55 bits per heavy atom. The second-order valence-electron chi connectivity index (χ2n) is 7.79. The van der Waals surface area contributed by atoms with Gasteiger partial charge in [0, 0.05) is 0 Å². The van der Waals surface area contributed by atoms with Crippen molar-refractivity contribution in [1.29, 1.82) is 0 Å². The Labute approximate surface area is 171 Å². The Hall–Kier alpha value is -2.79. The van der Waals surface area contributed by atoms with E-state index in [2.05, 4.69) is 18.2 Å². The standard InChI is InChI=1S/C24H27NO4/c1-17(2)29-23-10-8-19(9-11-23)20-12-21-15-27-16-22(13-20)25(21)24(26)28-14-18-6-4-3-5-7-18/h3-12,17,21-22H,13-16H2,1-2H3. The lowest BCUT2D eigenvalue weighted by molar-refractivity contribution is -0.0342. The van der Waals surface area contributed by atoms with Gasteiger partial charge in [0.15, 0.2) is 0 Å². The van der Waals surface area contributed by atoms with Crippen molar-refractivity contribution in [3.8, 4) is 5.75 Å². The van der Waals surface area contributed by atoms with Gasteiger partial charge in [-0.05, 0) is 49.1 Å². The lowest BCUT2D eigenvalue weighted by atomic mass is 9.90. The summed E-state index contributed by atoms with van der Waals surface area (Å²) in [5.41, 5.74) is 3.39. The molecule has 0 aromatic heterocycles. The zero-order valence-corrected chi connectivity index (χ0v) is 16.9. The molecule has 2 unspecified atom stereocenters. The monoisotopic (exact) mass is 393 g/mol. The maximum absolute atomic E-state index is 12.8. The van der Waals surface area contributed by atoms with Crippen LogP contribution in [-0.2, 0) is 16.1 Å². The van der Waals surface area contributed by atoms with E-state index in [0.717, 1.165) is 23.3 Å². The normalized spacial score (nSPS) is 20.9. The molecule has 5 nitrogen and oxygen atoms in total. The maximum atomic E-state index is 12.8. The number of ether oxygens (including phenoxy) is 3. The molecule has 0 spiro atoms. The van der Waals surface area contributed by atoms with Crippen molar-refractivity contribution in [2.45, 2.75) is 45.1 Å². The van der Waals surface area contributed by atoms with Gasteiger partial charge in [-0.15, -0.1) is 0 Å². The number of benzene rings is 2. The molecule has 0 aliphatic carbocycles. The van der Waals surface area contributed by atoms with E-state index in [-0.39, 0.29) is 30.9 Å². The van der Waals surface area contributed by atoms with Crippen molar-refractivity contribution >= 4 is 11.7 Å². The summed E-state index contributed by atoms with van der Waals surface area (Å²) in [5.74, 6) is 0.870. The summed E-state index contributed by atoms with van der Waals surface area (Å²) < 4.78 is 17.0. The predicted octanol–water partition coefficient (Wildman–Crippen LogP) is 4.67. The van der Waals surface area contributed by atoms with Crippen LogP contribution in [0.3, 0.4) is 0 Å². The Kier molecular flexibility index (Phi) is 5.86. The fourth-order valence-electron chi connectivity index (χ4n) is 3.91. The highest BCUT2D eigenvalue weighted by Crippen LogP contribution is 2.33. The first-order chi connectivity index (χ1) is 14.1. The van der Waals surface area contributed by atoms with E-state index < -0.39 is 0 Å².